The number of fused-ring (bicyclic) bond motifs is 1. The molecule has 0 saturated carbocycles. The van der Waals surface area contributed by atoms with Crippen molar-refractivity contribution in [2.45, 2.75) is 6.42 Å². The molecule has 1 fully saturated rings. The van der Waals surface area contributed by atoms with Crippen LogP contribution in [0, 0.1) is 5.92 Å². The first kappa shape index (κ1) is 15.8. The SMILES string of the molecule is O=C(c1cncnc1)N1CCOC[C@@H](Cc2ccc3ccoc3c2)C1. The molecule has 0 radical (unpaired) electrons. The molecule has 6 heteroatoms. The van der Waals surface area contributed by atoms with E-state index in [-0.39, 0.29) is 11.8 Å². The van der Waals surface area contributed by atoms with Crippen molar-refractivity contribution in [3.63, 3.8) is 0 Å². The van der Waals surface area contributed by atoms with Crippen LogP contribution in [0.4, 0.5) is 0 Å². The lowest BCUT2D eigenvalue weighted by molar-refractivity contribution is 0.0736. The van der Waals surface area contributed by atoms with E-state index in [1.807, 2.05) is 11.0 Å². The van der Waals surface area contributed by atoms with Crippen LogP contribution < -0.4 is 0 Å². The number of aromatic nitrogens is 2. The summed E-state index contributed by atoms with van der Waals surface area (Å²) in [6, 6.07) is 8.20. The van der Waals surface area contributed by atoms with Crippen LogP contribution in [-0.4, -0.2) is 47.1 Å². The number of rotatable bonds is 3. The maximum atomic E-state index is 12.7. The molecule has 1 aliphatic rings. The van der Waals surface area contributed by atoms with Gasteiger partial charge in [0, 0.05) is 36.8 Å². The lowest BCUT2D eigenvalue weighted by Crippen LogP contribution is -2.36. The first-order valence-corrected chi connectivity index (χ1v) is 8.38. The Morgan fingerprint density at radius 1 is 1.24 bits per heavy atom. The number of nitrogens with zero attached hydrogens (tertiary/aromatic N) is 3. The van der Waals surface area contributed by atoms with Crippen LogP contribution in [0.5, 0.6) is 0 Å². The molecule has 0 N–H and O–H groups in total. The standard InChI is InChI=1S/C19H19N3O3/c23-19(17-9-20-13-21-10-17)22-4-6-24-12-15(11-22)7-14-1-2-16-3-5-25-18(16)8-14/h1-3,5,8-10,13,15H,4,6-7,11-12H2/t15-/m0/s1. The van der Waals surface area contributed by atoms with Crippen molar-refractivity contribution in [2.24, 2.45) is 5.92 Å². The Morgan fingerprint density at radius 2 is 2.12 bits per heavy atom. The van der Waals surface area contributed by atoms with Gasteiger partial charge >= 0.3 is 0 Å². The zero-order valence-corrected chi connectivity index (χ0v) is 13.8. The van der Waals surface area contributed by atoms with Crippen LogP contribution in [0.25, 0.3) is 11.0 Å². The van der Waals surface area contributed by atoms with Gasteiger partial charge in [-0.05, 0) is 24.1 Å². The van der Waals surface area contributed by atoms with E-state index in [2.05, 4.69) is 28.2 Å². The van der Waals surface area contributed by atoms with Gasteiger partial charge in [-0.3, -0.25) is 4.79 Å². The van der Waals surface area contributed by atoms with Crippen molar-refractivity contribution >= 4 is 16.9 Å². The van der Waals surface area contributed by atoms with Crippen LogP contribution in [0.15, 0.2) is 53.7 Å². The summed E-state index contributed by atoms with van der Waals surface area (Å²) in [6.07, 6.45) is 7.08. The fourth-order valence-electron chi connectivity index (χ4n) is 3.24. The third kappa shape index (κ3) is 3.53. The van der Waals surface area contributed by atoms with E-state index in [9.17, 15) is 4.79 Å². The highest BCUT2D eigenvalue weighted by atomic mass is 16.5. The van der Waals surface area contributed by atoms with Gasteiger partial charge in [0.2, 0.25) is 0 Å². The number of carbonyl (C=O) groups excluding carboxylic acids is 1. The molecular weight excluding hydrogens is 318 g/mol. The van der Waals surface area contributed by atoms with E-state index in [0.717, 1.165) is 17.4 Å². The summed E-state index contributed by atoms with van der Waals surface area (Å²) in [7, 11) is 0. The third-order valence-corrected chi connectivity index (χ3v) is 4.48. The molecule has 1 amide bonds. The predicted molar refractivity (Wildman–Crippen MR) is 92.2 cm³/mol. The number of furan rings is 1. The molecule has 1 aliphatic heterocycles. The Bertz CT molecular complexity index is 862. The molecule has 1 atom stereocenters. The summed E-state index contributed by atoms with van der Waals surface area (Å²) in [5.41, 5.74) is 2.59. The summed E-state index contributed by atoms with van der Waals surface area (Å²) in [4.78, 5) is 22.4. The predicted octanol–water partition coefficient (Wildman–Crippen LogP) is 2.55. The van der Waals surface area contributed by atoms with Gasteiger partial charge in [0.1, 0.15) is 11.9 Å². The van der Waals surface area contributed by atoms with E-state index >= 15 is 0 Å². The molecule has 128 valence electrons. The fourth-order valence-corrected chi connectivity index (χ4v) is 3.24. The van der Waals surface area contributed by atoms with E-state index < -0.39 is 0 Å². The molecule has 6 nitrogen and oxygen atoms in total. The number of hydrogen-bond acceptors (Lipinski definition) is 5. The number of amides is 1. The second-order valence-electron chi connectivity index (χ2n) is 6.32. The second kappa shape index (κ2) is 7.03. The van der Waals surface area contributed by atoms with Crippen LogP contribution in [0.2, 0.25) is 0 Å². The summed E-state index contributed by atoms with van der Waals surface area (Å²) in [5.74, 6) is 0.195. The summed E-state index contributed by atoms with van der Waals surface area (Å²) < 4.78 is 11.2. The number of benzene rings is 1. The summed E-state index contributed by atoms with van der Waals surface area (Å²) in [6.45, 7) is 2.43. The minimum absolute atomic E-state index is 0.0439. The van der Waals surface area contributed by atoms with E-state index in [0.29, 0.717) is 31.9 Å². The highest BCUT2D eigenvalue weighted by Gasteiger charge is 2.24. The van der Waals surface area contributed by atoms with Crippen LogP contribution in [-0.2, 0) is 11.2 Å². The number of hydrogen-bond donors (Lipinski definition) is 0. The quantitative estimate of drug-likeness (QED) is 0.735. The number of carbonyl (C=O) groups is 1. The molecule has 1 saturated heterocycles. The van der Waals surface area contributed by atoms with Crippen LogP contribution in [0.3, 0.4) is 0 Å². The van der Waals surface area contributed by atoms with Crippen molar-refractivity contribution in [3.8, 4) is 0 Å². The van der Waals surface area contributed by atoms with Crippen molar-refractivity contribution in [3.05, 3.63) is 60.4 Å². The molecule has 1 aromatic carbocycles. The average molecular weight is 337 g/mol. The highest BCUT2D eigenvalue weighted by Crippen LogP contribution is 2.21. The Balaban J connectivity index is 1.48. The van der Waals surface area contributed by atoms with Gasteiger partial charge in [-0.15, -0.1) is 0 Å². The minimum Gasteiger partial charge on any atom is -0.464 e. The smallest absolute Gasteiger partial charge is 0.257 e. The fraction of sp³-hybridized carbons (Fsp3) is 0.316. The van der Waals surface area contributed by atoms with Gasteiger partial charge in [0.25, 0.3) is 5.91 Å². The minimum atomic E-state index is -0.0439. The van der Waals surface area contributed by atoms with Gasteiger partial charge < -0.3 is 14.1 Å². The lowest BCUT2D eigenvalue weighted by Gasteiger charge is -2.23. The largest absolute Gasteiger partial charge is 0.464 e. The van der Waals surface area contributed by atoms with Crippen LogP contribution >= 0.6 is 0 Å². The van der Waals surface area contributed by atoms with E-state index in [1.165, 1.54) is 11.9 Å². The highest BCUT2D eigenvalue weighted by molar-refractivity contribution is 5.93. The van der Waals surface area contributed by atoms with Crippen molar-refractivity contribution < 1.29 is 13.9 Å². The second-order valence-corrected chi connectivity index (χ2v) is 6.32. The molecule has 0 aliphatic carbocycles. The summed E-state index contributed by atoms with van der Waals surface area (Å²) in [5, 5.41) is 1.10. The molecular formula is C19H19N3O3. The van der Waals surface area contributed by atoms with Gasteiger partial charge in [-0.1, -0.05) is 12.1 Å². The Kier molecular flexibility index (Phi) is 4.43. The molecule has 3 aromatic rings. The van der Waals surface area contributed by atoms with Gasteiger partial charge in [0.05, 0.1) is 25.0 Å². The normalized spacial score (nSPS) is 18.2. The zero-order valence-electron chi connectivity index (χ0n) is 13.8. The van der Waals surface area contributed by atoms with Gasteiger partial charge in [-0.25, -0.2) is 9.97 Å². The topological polar surface area (TPSA) is 68.5 Å². The van der Waals surface area contributed by atoms with Crippen molar-refractivity contribution in [2.75, 3.05) is 26.3 Å². The molecule has 2 aromatic heterocycles. The van der Waals surface area contributed by atoms with E-state index in [1.54, 1.807) is 18.7 Å². The van der Waals surface area contributed by atoms with Crippen molar-refractivity contribution in [1.82, 2.24) is 14.9 Å². The van der Waals surface area contributed by atoms with Gasteiger partial charge in [0.15, 0.2) is 0 Å². The van der Waals surface area contributed by atoms with Crippen LogP contribution in [0.1, 0.15) is 15.9 Å². The monoisotopic (exact) mass is 337 g/mol. The molecule has 0 spiro atoms. The molecule has 25 heavy (non-hydrogen) atoms. The maximum absolute atomic E-state index is 12.7. The molecule has 4 rings (SSSR count). The Hall–Kier alpha value is -2.73. The van der Waals surface area contributed by atoms with Crippen molar-refractivity contribution in [1.29, 1.82) is 0 Å². The molecule has 3 heterocycles. The first-order valence-electron chi connectivity index (χ1n) is 8.38. The molecule has 0 bridgehead atoms. The maximum Gasteiger partial charge on any atom is 0.257 e. The summed E-state index contributed by atoms with van der Waals surface area (Å²) >= 11 is 0. The Morgan fingerprint density at radius 3 is 3.00 bits per heavy atom. The third-order valence-electron chi connectivity index (χ3n) is 4.48. The first-order chi connectivity index (χ1) is 12.3. The molecule has 0 unspecified atom stereocenters. The Labute approximate surface area is 145 Å². The average Bonchev–Trinajstić information content (AvgIpc) is 2.99. The number of ether oxygens (including phenoxy) is 1. The van der Waals surface area contributed by atoms with Gasteiger partial charge in [-0.2, -0.15) is 0 Å². The lowest BCUT2D eigenvalue weighted by atomic mass is 9.98. The van der Waals surface area contributed by atoms with E-state index in [4.69, 9.17) is 9.15 Å². The zero-order chi connectivity index (χ0) is 17.1.